The Kier molecular flexibility index (Phi) is 4.71. The highest BCUT2D eigenvalue weighted by Crippen LogP contribution is 2.23. The maximum Gasteiger partial charge on any atom is 0.327 e. The summed E-state index contributed by atoms with van der Waals surface area (Å²) in [5.41, 5.74) is 0.942. The highest BCUT2D eigenvalue weighted by atomic mass is 16.5. The Morgan fingerprint density at radius 2 is 1.91 bits per heavy atom. The van der Waals surface area contributed by atoms with E-state index in [1.54, 1.807) is 0 Å². The molecule has 1 N–H and O–H groups in total. The van der Waals surface area contributed by atoms with Gasteiger partial charge in [0, 0.05) is 19.3 Å². The molecule has 0 saturated carbocycles. The molecule has 2 aromatic rings. The third-order valence-electron chi connectivity index (χ3n) is 4.17. The maximum atomic E-state index is 12.2. The van der Waals surface area contributed by atoms with Gasteiger partial charge in [-0.2, -0.15) is 0 Å². The van der Waals surface area contributed by atoms with Crippen LogP contribution in [-0.4, -0.2) is 32.3 Å². The molecule has 0 spiro atoms. The van der Waals surface area contributed by atoms with Crippen molar-refractivity contribution in [2.45, 2.75) is 24.9 Å². The van der Waals surface area contributed by atoms with Crippen LogP contribution in [0.15, 0.2) is 42.5 Å². The molecule has 2 aromatic carbocycles. The average Bonchev–Trinajstić information content (AvgIpc) is 2.59. The maximum absolute atomic E-state index is 12.2. The van der Waals surface area contributed by atoms with Crippen LogP contribution >= 0.6 is 0 Å². The van der Waals surface area contributed by atoms with Crippen LogP contribution in [0.5, 0.6) is 0 Å². The van der Waals surface area contributed by atoms with E-state index in [1.807, 2.05) is 24.3 Å². The van der Waals surface area contributed by atoms with Gasteiger partial charge in [0.25, 0.3) is 0 Å². The van der Waals surface area contributed by atoms with Crippen molar-refractivity contribution >= 4 is 16.7 Å². The van der Waals surface area contributed by atoms with Crippen molar-refractivity contribution in [2.24, 2.45) is 0 Å². The number of rotatable bonds is 4. The van der Waals surface area contributed by atoms with E-state index in [-0.39, 0.29) is 12.0 Å². The van der Waals surface area contributed by atoms with Crippen LogP contribution in [0.25, 0.3) is 10.8 Å². The molecular formula is C18H21NO3. The standard InChI is InChI=1S/C18H21NO3/c1-21-18(20)17(19-16-8-10-22-11-9-16)15-7-6-13-4-2-3-5-14(13)12-15/h2-7,12,16-17,19H,8-11H2,1H3. The van der Waals surface area contributed by atoms with Gasteiger partial charge >= 0.3 is 5.97 Å². The largest absolute Gasteiger partial charge is 0.468 e. The van der Waals surface area contributed by atoms with Crippen molar-refractivity contribution in [2.75, 3.05) is 20.3 Å². The van der Waals surface area contributed by atoms with E-state index in [4.69, 9.17) is 9.47 Å². The first-order chi connectivity index (χ1) is 10.8. The van der Waals surface area contributed by atoms with Crippen molar-refractivity contribution in [3.8, 4) is 0 Å². The Labute approximate surface area is 130 Å². The topological polar surface area (TPSA) is 47.6 Å². The average molecular weight is 299 g/mol. The number of benzene rings is 2. The first-order valence-corrected chi connectivity index (χ1v) is 7.68. The van der Waals surface area contributed by atoms with Gasteiger partial charge in [0.1, 0.15) is 6.04 Å². The molecule has 0 amide bonds. The summed E-state index contributed by atoms with van der Waals surface area (Å²) in [6, 6.07) is 14.1. The molecule has 1 saturated heterocycles. The van der Waals surface area contributed by atoms with E-state index in [0.717, 1.165) is 37.0 Å². The van der Waals surface area contributed by atoms with Crippen LogP contribution in [0.4, 0.5) is 0 Å². The second kappa shape index (κ2) is 6.90. The van der Waals surface area contributed by atoms with Crippen LogP contribution in [0, 0.1) is 0 Å². The summed E-state index contributed by atoms with van der Waals surface area (Å²) < 4.78 is 10.4. The van der Waals surface area contributed by atoms with Gasteiger partial charge in [-0.15, -0.1) is 0 Å². The molecule has 116 valence electrons. The third kappa shape index (κ3) is 3.29. The summed E-state index contributed by atoms with van der Waals surface area (Å²) in [7, 11) is 1.43. The fourth-order valence-electron chi connectivity index (χ4n) is 2.91. The molecule has 1 fully saturated rings. The Morgan fingerprint density at radius 3 is 2.64 bits per heavy atom. The van der Waals surface area contributed by atoms with Crippen LogP contribution in [0.2, 0.25) is 0 Å². The van der Waals surface area contributed by atoms with Crippen LogP contribution < -0.4 is 5.32 Å². The van der Waals surface area contributed by atoms with E-state index in [1.165, 1.54) is 12.5 Å². The second-order valence-electron chi connectivity index (χ2n) is 5.62. The number of methoxy groups -OCH3 is 1. The fraction of sp³-hybridized carbons (Fsp3) is 0.389. The Balaban J connectivity index is 1.87. The zero-order valence-corrected chi connectivity index (χ0v) is 12.7. The minimum atomic E-state index is -0.433. The minimum absolute atomic E-state index is 0.248. The number of hydrogen-bond donors (Lipinski definition) is 1. The molecule has 1 atom stereocenters. The number of hydrogen-bond acceptors (Lipinski definition) is 4. The Morgan fingerprint density at radius 1 is 1.18 bits per heavy atom. The lowest BCUT2D eigenvalue weighted by molar-refractivity contribution is -0.143. The van der Waals surface area contributed by atoms with Gasteiger partial charge in [-0.3, -0.25) is 5.32 Å². The SMILES string of the molecule is COC(=O)C(NC1CCOCC1)c1ccc2ccccc2c1. The Hall–Kier alpha value is -1.91. The molecule has 0 bridgehead atoms. The molecule has 4 nitrogen and oxygen atoms in total. The number of carbonyl (C=O) groups is 1. The fourth-order valence-corrected chi connectivity index (χ4v) is 2.91. The summed E-state index contributed by atoms with van der Waals surface area (Å²) in [5, 5.41) is 5.73. The summed E-state index contributed by atoms with van der Waals surface area (Å²) in [6.07, 6.45) is 1.84. The number of esters is 1. The first-order valence-electron chi connectivity index (χ1n) is 7.68. The molecule has 4 heteroatoms. The predicted molar refractivity (Wildman–Crippen MR) is 85.7 cm³/mol. The van der Waals surface area contributed by atoms with Crippen molar-refractivity contribution in [3.63, 3.8) is 0 Å². The minimum Gasteiger partial charge on any atom is -0.468 e. The van der Waals surface area contributed by atoms with Crippen molar-refractivity contribution in [1.29, 1.82) is 0 Å². The van der Waals surface area contributed by atoms with Gasteiger partial charge in [0.05, 0.1) is 7.11 Å². The third-order valence-corrected chi connectivity index (χ3v) is 4.17. The normalized spacial score (nSPS) is 17.3. The molecular weight excluding hydrogens is 278 g/mol. The lowest BCUT2D eigenvalue weighted by Crippen LogP contribution is -2.40. The summed E-state index contributed by atoms with van der Waals surface area (Å²) in [5.74, 6) is -0.248. The monoisotopic (exact) mass is 299 g/mol. The summed E-state index contributed by atoms with van der Waals surface area (Å²) in [6.45, 7) is 1.48. The molecule has 1 heterocycles. The van der Waals surface area contributed by atoms with Crippen molar-refractivity contribution in [1.82, 2.24) is 5.32 Å². The number of carbonyl (C=O) groups excluding carboxylic acids is 1. The lowest BCUT2D eigenvalue weighted by atomic mass is 9.99. The smallest absolute Gasteiger partial charge is 0.327 e. The van der Waals surface area contributed by atoms with Crippen LogP contribution in [0.3, 0.4) is 0 Å². The highest BCUT2D eigenvalue weighted by Gasteiger charge is 2.26. The first kappa shape index (κ1) is 15.0. The van der Waals surface area contributed by atoms with Gasteiger partial charge in [0.15, 0.2) is 0 Å². The summed E-state index contributed by atoms with van der Waals surface area (Å²) in [4.78, 5) is 12.2. The zero-order valence-electron chi connectivity index (χ0n) is 12.7. The van der Waals surface area contributed by atoms with E-state index >= 15 is 0 Å². The molecule has 22 heavy (non-hydrogen) atoms. The molecule has 1 aliphatic rings. The van der Waals surface area contributed by atoms with Crippen LogP contribution in [-0.2, 0) is 14.3 Å². The van der Waals surface area contributed by atoms with E-state index in [2.05, 4.69) is 23.5 Å². The Bertz CT molecular complexity index is 650. The van der Waals surface area contributed by atoms with E-state index in [0.29, 0.717) is 0 Å². The molecule has 1 aliphatic heterocycles. The molecule has 0 aliphatic carbocycles. The second-order valence-corrected chi connectivity index (χ2v) is 5.62. The van der Waals surface area contributed by atoms with Crippen molar-refractivity contribution in [3.05, 3.63) is 48.0 Å². The van der Waals surface area contributed by atoms with Gasteiger partial charge in [-0.25, -0.2) is 4.79 Å². The van der Waals surface area contributed by atoms with Gasteiger partial charge in [0.2, 0.25) is 0 Å². The van der Waals surface area contributed by atoms with E-state index in [9.17, 15) is 4.79 Å². The van der Waals surface area contributed by atoms with E-state index < -0.39 is 6.04 Å². The lowest BCUT2D eigenvalue weighted by Gasteiger charge is -2.27. The van der Waals surface area contributed by atoms with Gasteiger partial charge in [-0.05, 0) is 35.2 Å². The predicted octanol–water partition coefficient (Wildman–Crippen LogP) is 2.82. The summed E-state index contributed by atoms with van der Waals surface area (Å²) >= 11 is 0. The molecule has 0 aromatic heterocycles. The number of fused-ring (bicyclic) bond motifs is 1. The quantitative estimate of drug-likeness (QED) is 0.882. The van der Waals surface area contributed by atoms with Gasteiger partial charge < -0.3 is 9.47 Å². The number of ether oxygens (including phenoxy) is 2. The number of nitrogens with one attached hydrogen (secondary N) is 1. The molecule has 0 radical (unpaired) electrons. The highest BCUT2D eigenvalue weighted by molar-refractivity contribution is 5.85. The van der Waals surface area contributed by atoms with Crippen LogP contribution in [0.1, 0.15) is 24.4 Å². The zero-order chi connectivity index (χ0) is 15.4. The van der Waals surface area contributed by atoms with Gasteiger partial charge in [-0.1, -0.05) is 36.4 Å². The molecule has 3 rings (SSSR count). The molecule has 1 unspecified atom stereocenters. The van der Waals surface area contributed by atoms with Crippen molar-refractivity contribution < 1.29 is 14.3 Å².